The first-order valence-corrected chi connectivity index (χ1v) is 8.51. The summed E-state index contributed by atoms with van der Waals surface area (Å²) in [7, 11) is 0. The number of nitrogens with two attached hydrogens (primary N) is 1. The van der Waals surface area contributed by atoms with Crippen molar-refractivity contribution in [1.29, 1.82) is 0 Å². The topological polar surface area (TPSA) is 55.0 Å². The minimum absolute atomic E-state index is 0.563. The van der Waals surface area contributed by atoms with Crippen LogP contribution in [0, 0.1) is 6.92 Å². The fraction of sp³-hybridized carbons (Fsp3) is 0.222. The number of rotatable bonds is 3. The van der Waals surface area contributed by atoms with Gasteiger partial charge >= 0.3 is 0 Å². The third-order valence-electron chi connectivity index (χ3n) is 4.06. The number of thiophene rings is 1. The van der Waals surface area contributed by atoms with Gasteiger partial charge in [-0.05, 0) is 13.0 Å². The van der Waals surface area contributed by atoms with E-state index >= 15 is 0 Å². The Kier molecular flexibility index (Phi) is 3.59. The highest BCUT2D eigenvalue weighted by Gasteiger charge is 2.14. The number of hydrogen-bond acceptors (Lipinski definition) is 5. The Morgan fingerprint density at radius 3 is 2.61 bits per heavy atom. The van der Waals surface area contributed by atoms with Crippen molar-refractivity contribution in [3.05, 3.63) is 52.9 Å². The summed E-state index contributed by atoms with van der Waals surface area (Å²) in [6.45, 7) is 5.04. The summed E-state index contributed by atoms with van der Waals surface area (Å²) in [5, 5.41) is 0.966. The predicted molar refractivity (Wildman–Crippen MR) is 96.4 cm³/mol. The Morgan fingerprint density at radius 2 is 1.87 bits per heavy atom. The first-order chi connectivity index (χ1) is 11.2. The molecule has 0 fully saturated rings. The molecule has 1 aliphatic rings. The molecule has 2 aromatic heterocycles. The zero-order valence-corrected chi connectivity index (χ0v) is 13.8. The van der Waals surface area contributed by atoms with E-state index in [-0.39, 0.29) is 0 Å². The monoisotopic (exact) mass is 322 g/mol. The fourth-order valence-electron chi connectivity index (χ4n) is 2.77. The number of fused-ring (bicyclic) bond motifs is 1. The maximum atomic E-state index is 6.18. The maximum absolute atomic E-state index is 6.18. The lowest BCUT2D eigenvalue weighted by Crippen LogP contribution is -2.18. The van der Waals surface area contributed by atoms with Gasteiger partial charge in [0.05, 0.1) is 5.39 Å². The lowest BCUT2D eigenvalue weighted by molar-refractivity contribution is 0.348. The Bertz CT molecular complexity index is 872. The number of nitrogens with zero attached hydrogens (tertiary/aromatic N) is 3. The standard InChI is InChI=1S/C18H18N4S/c1-12-4-6-13(7-5-12)17-20-16(19)15-10-14(23-18(15)21-17)11-22-8-2-3-9-22/h2-7,10H,8-9,11H2,1H3,(H2,19,20,21). The molecule has 5 heteroatoms. The van der Waals surface area contributed by atoms with Crippen molar-refractivity contribution in [3.8, 4) is 11.4 Å². The molecular weight excluding hydrogens is 304 g/mol. The van der Waals surface area contributed by atoms with E-state index < -0.39 is 0 Å². The summed E-state index contributed by atoms with van der Waals surface area (Å²) in [4.78, 5) is 13.9. The van der Waals surface area contributed by atoms with Crippen molar-refractivity contribution in [3.63, 3.8) is 0 Å². The lowest BCUT2D eigenvalue weighted by Gasteiger charge is -2.12. The van der Waals surface area contributed by atoms with Gasteiger partial charge in [0.15, 0.2) is 5.82 Å². The molecule has 0 saturated carbocycles. The van der Waals surface area contributed by atoms with Crippen LogP contribution in [0.5, 0.6) is 0 Å². The highest BCUT2D eigenvalue weighted by molar-refractivity contribution is 7.18. The van der Waals surface area contributed by atoms with Crippen LogP contribution in [0.1, 0.15) is 10.4 Å². The van der Waals surface area contributed by atoms with Gasteiger partial charge in [0.25, 0.3) is 0 Å². The molecule has 1 aromatic carbocycles. The molecule has 23 heavy (non-hydrogen) atoms. The van der Waals surface area contributed by atoms with Crippen LogP contribution in [0.3, 0.4) is 0 Å². The summed E-state index contributed by atoms with van der Waals surface area (Å²) in [6, 6.07) is 10.4. The summed E-state index contributed by atoms with van der Waals surface area (Å²) in [5.74, 6) is 1.26. The van der Waals surface area contributed by atoms with Crippen LogP contribution in [-0.2, 0) is 6.54 Å². The van der Waals surface area contributed by atoms with E-state index in [1.54, 1.807) is 11.3 Å². The molecule has 0 radical (unpaired) electrons. The fourth-order valence-corrected chi connectivity index (χ4v) is 3.85. The van der Waals surface area contributed by atoms with E-state index in [2.05, 4.69) is 47.2 Å². The van der Waals surface area contributed by atoms with Gasteiger partial charge in [0.1, 0.15) is 10.6 Å². The molecule has 0 unspecified atom stereocenters. The molecule has 4 rings (SSSR count). The molecule has 0 atom stereocenters. The molecule has 4 nitrogen and oxygen atoms in total. The summed E-state index contributed by atoms with van der Waals surface area (Å²) < 4.78 is 0. The van der Waals surface area contributed by atoms with Gasteiger partial charge < -0.3 is 5.73 Å². The SMILES string of the molecule is Cc1ccc(-c2nc(N)c3cc(CN4CC=CC4)sc3n2)cc1. The quantitative estimate of drug-likeness (QED) is 0.748. The van der Waals surface area contributed by atoms with Crippen molar-refractivity contribution in [2.75, 3.05) is 18.8 Å². The molecule has 0 aliphatic carbocycles. The van der Waals surface area contributed by atoms with E-state index in [0.717, 1.165) is 35.4 Å². The van der Waals surface area contributed by atoms with Crippen molar-refractivity contribution in [1.82, 2.24) is 14.9 Å². The van der Waals surface area contributed by atoms with Crippen LogP contribution in [0.2, 0.25) is 0 Å². The van der Waals surface area contributed by atoms with Crippen molar-refractivity contribution >= 4 is 27.4 Å². The molecule has 0 amide bonds. The van der Waals surface area contributed by atoms with Gasteiger partial charge in [-0.25, -0.2) is 9.97 Å². The molecule has 1 aliphatic heterocycles. The summed E-state index contributed by atoms with van der Waals surface area (Å²) >= 11 is 1.71. The van der Waals surface area contributed by atoms with Gasteiger partial charge in [-0.1, -0.05) is 42.0 Å². The van der Waals surface area contributed by atoms with Gasteiger partial charge in [0, 0.05) is 30.1 Å². The van der Waals surface area contributed by atoms with Crippen LogP contribution in [0.25, 0.3) is 21.6 Å². The predicted octanol–water partition coefficient (Wildman–Crippen LogP) is 3.62. The zero-order chi connectivity index (χ0) is 15.8. The second kappa shape index (κ2) is 5.76. The molecule has 3 heterocycles. The van der Waals surface area contributed by atoms with Crippen LogP contribution >= 0.6 is 11.3 Å². The summed E-state index contributed by atoms with van der Waals surface area (Å²) in [5.41, 5.74) is 8.40. The minimum atomic E-state index is 0.563. The van der Waals surface area contributed by atoms with Crippen molar-refractivity contribution in [2.24, 2.45) is 0 Å². The summed E-state index contributed by atoms with van der Waals surface area (Å²) in [6.07, 6.45) is 4.41. The molecule has 116 valence electrons. The molecule has 3 aromatic rings. The third kappa shape index (κ3) is 2.85. The number of aromatic nitrogens is 2. The maximum Gasteiger partial charge on any atom is 0.163 e. The third-order valence-corrected chi connectivity index (χ3v) is 5.07. The van der Waals surface area contributed by atoms with Gasteiger partial charge in [-0.2, -0.15) is 0 Å². The normalized spacial score (nSPS) is 14.8. The van der Waals surface area contributed by atoms with Gasteiger partial charge in [0.2, 0.25) is 0 Å². The van der Waals surface area contributed by atoms with E-state index in [4.69, 9.17) is 10.7 Å². The minimum Gasteiger partial charge on any atom is -0.383 e. The van der Waals surface area contributed by atoms with E-state index in [9.17, 15) is 0 Å². The number of aryl methyl sites for hydroxylation is 1. The van der Waals surface area contributed by atoms with Crippen LogP contribution in [-0.4, -0.2) is 28.0 Å². The lowest BCUT2D eigenvalue weighted by atomic mass is 10.1. The molecule has 2 N–H and O–H groups in total. The average Bonchev–Trinajstić information content (AvgIpc) is 3.18. The van der Waals surface area contributed by atoms with E-state index in [0.29, 0.717) is 11.6 Å². The Morgan fingerprint density at radius 1 is 1.13 bits per heavy atom. The average molecular weight is 322 g/mol. The van der Waals surface area contributed by atoms with Gasteiger partial charge in [-0.15, -0.1) is 11.3 Å². The highest BCUT2D eigenvalue weighted by Crippen LogP contribution is 2.31. The second-order valence-corrected chi connectivity index (χ2v) is 7.01. The highest BCUT2D eigenvalue weighted by atomic mass is 32.1. The van der Waals surface area contributed by atoms with Crippen LogP contribution in [0.15, 0.2) is 42.5 Å². The Balaban J connectivity index is 1.70. The van der Waals surface area contributed by atoms with Crippen LogP contribution in [0.4, 0.5) is 5.82 Å². The number of anilines is 1. The first-order valence-electron chi connectivity index (χ1n) is 7.69. The number of nitrogen functional groups attached to an aromatic ring is 1. The van der Waals surface area contributed by atoms with E-state index in [1.807, 2.05) is 12.1 Å². The Labute approximate surface area is 139 Å². The molecule has 0 bridgehead atoms. The zero-order valence-electron chi connectivity index (χ0n) is 13.0. The molecular formula is C18H18N4S. The van der Waals surface area contributed by atoms with Gasteiger partial charge in [-0.3, -0.25) is 4.90 Å². The van der Waals surface area contributed by atoms with Crippen LogP contribution < -0.4 is 5.73 Å². The largest absolute Gasteiger partial charge is 0.383 e. The molecule has 0 spiro atoms. The number of benzene rings is 1. The van der Waals surface area contributed by atoms with E-state index in [1.165, 1.54) is 10.4 Å². The van der Waals surface area contributed by atoms with Crippen molar-refractivity contribution < 1.29 is 0 Å². The van der Waals surface area contributed by atoms with Crippen molar-refractivity contribution in [2.45, 2.75) is 13.5 Å². The second-order valence-electron chi connectivity index (χ2n) is 5.90. The Hall–Kier alpha value is -2.24. The first kappa shape index (κ1) is 14.4. The number of hydrogen-bond donors (Lipinski definition) is 1. The smallest absolute Gasteiger partial charge is 0.163 e. The molecule has 0 saturated heterocycles.